The van der Waals surface area contributed by atoms with Crippen molar-refractivity contribution >= 4 is 39.9 Å². The van der Waals surface area contributed by atoms with Gasteiger partial charge < -0.3 is 9.73 Å². The summed E-state index contributed by atoms with van der Waals surface area (Å²) < 4.78 is 5.24. The third-order valence-electron chi connectivity index (χ3n) is 2.44. The predicted octanol–water partition coefficient (Wildman–Crippen LogP) is 2.57. The van der Waals surface area contributed by atoms with Gasteiger partial charge >= 0.3 is 0 Å². The van der Waals surface area contributed by atoms with Gasteiger partial charge in [-0.3, -0.25) is 10.2 Å². The Morgan fingerprint density at radius 1 is 1.35 bits per heavy atom. The van der Waals surface area contributed by atoms with Crippen molar-refractivity contribution in [2.75, 3.05) is 0 Å². The van der Waals surface area contributed by atoms with E-state index in [1.807, 2.05) is 24.3 Å². The number of thioether (sulfide) groups is 1. The Morgan fingerprint density at radius 2 is 2.24 bits per heavy atom. The first-order valence-electron chi connectivity index (χ1n) is 4.99. The Kier molecular flexibility index (Phi) is 2.26. The second kappa shape index (κ2) is 3.78. The number of amides is 1. The molecule has 0 spiro atoms. The van der Waals surface area contributed by atoms with E-state index in [9.17, 15) is 4.79 Å². The third kappa shape index (κ3) is 1.85. The van der Waals surface area contributed by atoms with Crippen LogP contribution in [-0.2, 0) is 4.79 Å². The largest absolute Gasteiger partial charge is 0.464 e. The van der Waals surface area contributed by atoms with Crippen molar-refractivity contribution in [2.24, 2.45) is 0 Å². The van der Waals surface area contributed by atoms with E-state index in [-0.39, 0.29) is 11.1 Å². The molecule has 5 heteroatoms. The molecule has 1 saturated heterocycles. The van der Waals surface area contributed by atoms with Gasteiger partial charge in [0.15, 0.2) is 5.17 Å². The fraction of sp³-hybridized carbons (Fsp3) is 0. The number of nitrogens with one attached hydrogen (secondary N) is 2. The van der Waals surface area contributed by atoms with Crippen LogP contribution in [0.1, 0.15) is 5.56 Å². The van der Waals surface area contributed by atoms with E-state index in [0.29, 0.717) is 4.91 Å². The van der Waals surface area contributed by atoms with Crippen LogP contribution in [0.5, 0.6) is 0 Å². The highest BCUT2D eigenvalue weighted by Crippen LogP contribution is 2.26. The topological polar surface area (TPSA) is 66.1 Å². The zero-order chi connectivity index (χ0) is 11.8. The summed E-state index contributed by atoms with van der Waals surface area (Å²) in [7, 11) is 0. The number of hydrogen-bond acceptors (Lipinski definition) is 4. The first-order chi connectivity index (χ1) is 8.22. The summed E-state index contributed by atoms with van der Waals surface area (Å²) in [5, 5.41) is 11.0. The zero-order valence-electron chi connectivity index (χ0n) is 8.69. The first-order valence-corrected chi connectivity index (χ1v) is 5.81. The summed E-state index contributed by atoms with van der Waals surface area (Å²) in [5.41, 5.74) is 1.75. The minimum absolute atomic E-state index is 0.172. The highest BCUT2D eigenvalue weighted by atomic mass is 32.2. The second-order valence-electron chi connectivity index (χ2n) is 3.61. The number of amidine groups is 1. The van der Waals surface area contributed by atoms with E-state index < -0.39 is 0 Å². The average Bonchev–Trinajstić information content (AvgIpc) is 2.85. The normalized spacial score (nSPS) is 18.0. The molecule has 84 valence electrons. The molecule has 1 aromatic carbocycles. The molecule has 0 aliphatic carbocycles. The molecule has 2 aromatic rings. The number of fused-ring (bicyclic) bond motifs is 1. The lowest BCUT2D eigenvalue weighted by molar-refractivity contribution is -0.115. The summed E-state index contributed by atoms with van der Waals surface area (Å²) in [4.78, 5) is 12.0. The fourth-order valence-corrected chi connectivity index (χ4v) is 2.37. The molecule has 1 fully saturated rings. The Labute approximate surface area is 101 Å². The molecular weight excluding hydrogens is 236 g/mol. The fourth-order valence-electron chi connectivity index (χ4n) is 1.67. The maximum absolute atomic E-state index is 11.4. The quantitative estimate of drug-likeness (QED) is 0.758. The van der Waals surface area contributed by atoms with Crippen LogP contribution in [0.2, 0.25) is 0 Å². The molecule has 3 rings (SSSR count). The van der Waals surface area contributed by atoms with Crippen LogP contribution < -0.4 is 5.32 Å². The van der Waals surface area contributed by atoms with Crippen LogP contribution in [-0.4, -0.2) is 11.1 Å². The summed E-state index contributed by atoms with van der Waals surface area (Å²) in [6, 6.07) is 7.57. The van der Waals surface area contributed by atoms with Crippen molar-refractivity contribution in [3.05, 3.63) is 41.0 Å². The molecule has 17 heavy (non-hydrogen) atoms. The summed E-state index contributed by atoms with van der Waals surface area (Å²) in [6.07, 6.45) is 3.41. The Hall–Kier alpha value is -2.01. The van der Waals surface area contributed by atoms with Crippen molar-refractivity contribution in [1.29, 1.82) is 5.41 Å². The summed E-state index contributed by atoms with van der Waals surface area (Å²) in [6.45, 7) is 0. The SMILES string of the molecule is N=C1NC(=O)/C(=C\c2ccc3occc3c2)S1. The van der Waals surface area contributed by atoms with E-state index in [0.717, 1.165) is 28.3 Å². The van der Waals surface area contributed by atoms with Gasteiger partial charge in [-0.1, -0.05) is 6.07 Å². The van der Waals surface area contributed by atoms with Gasteiger partial charge in [0.2, 0.25) is 0 Å². The van der Waals surface area contributed by atoms with Crippen molar-refractivity contribution in [1.82, 2.24) is 5.32 Å². The van der Waals surface area contributed by atoms with Crippen LogP contribution >= 0.6 is 11.8 Å². The molecule has 1 aliphatic heterocycles. The van der Waals surface area contributed by atoms with E-state index in [1.165, 1.54) is 0 Å². The predicted molar refractivity (Wildman–Crippen MR) is 67.7 cm³/mol. The third-order valence-corrected chi connectivity index (χ3v) is 3.27. The van der Waals surface area contributed by atoms with Crippen molar-refractivity contribution in [2.45, 2.75) is 0 Å². The van der Waals surface area contributed by atoms with E-state index >= 15 is 0 Å². The number of carbonyl (C=O) groups excluding carboxylic acids is 1. The Bertz CT molecular complexity index is 657. The molecule has 0 atom stereocenters. The van der Waals surface area contributed by atoms with E-state index in [4.69, 9.17) is 9.83 Å². The molecule has 0 radical (unpaired) electrons. The van der Waals surface area contributed by atoms with Gasteiger partial charge in [-0.05, 0) is 41.6 Å². The van der Waals surface area contributed by atoms with Crippen LogP contribution in [0.4, 0.5) is 0 Å². The lowest BCUT2D eigenvalue weighted by Gasteiger charge is -1.95. The van der Waals surface area contributed by atoms with E-state index in [2.05, 4.69) is 5.32 Å². The number of hydrogen-bond donors (Lipinski definition) is 2. The number of furan rings is 1. The van der Waals surface area contributed by atoms with Crippen LogP contribution in [0, 0.1) is 5.41 Å². The minimum atomic E-state index is -0.215. The zero-order valence-corrected chi connectivity index (χ0v) is 9.51. The van der Waals surface area contributed by atoms with Crippen LogP contribution in [0.3, 0.4) is 0 Å². The Morgan fingerprint density at radius 3 is 3.00 bits per heavy atom. The molecule has 0 bridgehead atoms. The molecule has 0 saturated carbocycles. The molecule has 0 unspecified atom stereocenters. The lowest BCUT2D eigenvalue weighted by Crippen LogP contribution is -2.18. The minimum Gasteiger partial charge on any atom is -0.464 e. The van der Waals surface area contributed by atoms with E-state index in [1.54, 1.807) is 12.3 Å². The van der Waals surface area contributed by atoms with Gasteiger partial charge in [0.1, 0.15) is 5.58 Å². The molecular formula is C12H8N2O2S. The standard InChI is InChI=1S/C12H8N2O2S/c13-12-14-11(15)10(17-12)6-7-1-2-9-8(5-7)3-4-16-9/h1-6H,(H2,13,14,15)/b10-6+. The molecule has 4 nitrogen and oxygen atoms in total. The second-order valence-corrected chi connectivity index (χ2v) is 4.66. The lowest BCUT2D eigenvalue weighted by atomic mass is 10.1. The molecule has 2 N–H and O–H groups in total. The Balaban J connectivity index is 2.01. The maximum atomic E-state index is 11.4. The van der Waals surface area contributed by atoms with Gasteiger partial charge in [0.25, 0.3) is 5.91 Å². The molecule has 1 aromatic heterocycles. The van der Waals surface area contributed by atoms with Crippen molar-refractivity contribution in [3.8, 4) is 0 Å². The highest BCUT2D eigenvalue weighted by molar-refractivity contribution is 8.18. The average molecular weight is 244 g/mol. The molecule has 1 amide bonds. The number of benzene rings is 1. The van der Waals surface area contributed by atoms with Gasteiger partial charge in [0.05, 0.1) is 11.2 Å². The maximum Gasteiger partial charge on any atom is 0.264 e. The van der Waals surface area contributed by atoms with Gasteiger partial charge in [-0.15, -0.1) is 0 Å². The van der Waals surface area contributed by atoms with Gasteiger partial charge in [-0.2, -0.15) is 0 Å². The highest BCUT2D eigenvalue weighted by Gasteiger charge is 2.22. The van der Waals surface area contributed by atoms with Crippen molar-refractivity contribution < 1.29 is 9.21 Å². The summed E-state index contributed by atoms with van der Waals surface area (Å²) in [5.74, 6) is -0.215. The van der Waals surface area contributed by atoms with Crippen molar-refractivity contribution in [3.63, 3.8) is 0 Å². The van der Waals surface area contributed by atoms with Gasteiger partial charge in [-0.25, -0.2) is 0 Å². The van der Waals surface area contributed by atoms with Gasteiger partial charge in [0, 0.05) is 5.39 Å². The van der Waals surface area contributed by atoms with Crippen LogP contribution in [0.25, 0.3) is 17.0 Å². The number of carbonyl (C=O) groups is 1. The molecule has 1 aliphatic rings. The number of rotatable bonds is 1. The monoisotopic (exact) mass is 244 g/mol. The molecule has 2 heterocycles. The first kappa shape index (κ1) is 10.2. The summed E-state index contributed by atoms with van der Waals surface area (Å²) >= 11 is 1.14. The smallest absolute Gasteiger partial charge is 0.264 e. The van der Waals surface area contributed by atoms with Crippen LogP contribution in [0.15, 0.2) is 39.9 Å².